The van der Waals surface area contributed by atoms with Crippen molar-refractivity contribution in [3.05, 3.63) is 34.9 Å². The molecule has 0 unspecified atom stereocenters. The van der Waals surface area contributed by atoms with Gasteiger partial charge < -0.3 is 9.47 Å². The summed E-state index contributed by atoms with van der Waals surface area (Å²) in [4.78, 5) is 14.4. The summed E-state index contributed by atoms with van der Waals surface area (Å²) in [5, 5.41) is 7.35. The van der Waals surface area contributed by atoms with E-state index in [1.165, 1.54) is 6.20 Å². The van der Waals surface area contributed by atoms with E-state index in [-0.39, 0.29) is 52.8 Å². The molecule has 0 spiro atoms. The van der Waals surface area contributed by atoms with Crippen molar-refractivity contribution in [2.24, 2.45) is 0 Å². The summed E-state index contributed by atoms with van der Waals surface area (Å²) in [6.45, 7) is 1.06. The second-order valence-electron chi connectivity index (χ2n) is 9.98. The van der Waals surface area contributed by atoms with Crippen LogP contribution in [0.4, 0.5) is 22.0 Å². The number of hydrogen-bond acceptors (Lipinski definition) is 7. The Labute approximate surface area is 223 Å². The zero-order chi connectivity index (χ0) is 27.5. The molecule has 2 aliphatic heterocycles. The van der Waals surface area contributed by atoms with Gasteiger partial charge >= 0.3 is 12.2 Å². The lowest BCUT2D eigenvalue weighted by Crippen LogP contribution is -2.43. The molecule has 2 saturated heterocycles. The Morgan fingerprint density at radius 1 is 1.21 bits per heavy atom. The van der Waals surface area contributed by atoms with E-state index in [1.54, 1.807) is 13.0 Å². The summed E-state index contributed by atoms with van der Waals surface area (Å²) >= 11 is 6.54. The lowest BCUT2D eigenvalue weighted by atomic mass is 9.95. The second-order valence-corrected chi connectivity index (χ2v) is 10.4. The number of H-pyrrole nitrogens is 1. The zero-order valence-electron chi connectivity index (χ0n) is 20.6. The average Bonchev–Trinajstić information content (AvgIpc) is 3.57. The molecule has 206 valence electrons. The quantitative estimate of drug-likeness (QED) is 0.304. The highest BCUT2D eigenvalue weighted by Gasteiger charge is 2.49. The minimum atomic E-state index is -4.67. The lowest BCUT2D eigenvalue weighted by Gasteiger charge is -2.30. The van der Waals surface area contributed by atoms with Gasteiger partial charge in [0.15, 0.2) is 12.4 Å². The fraction of sp³-hybridized carbons (Fsp3) is 0.440. The van der Waals surface area contributed by atoms with Crippen LogP contribution >= 0.6 is 11.6 Å². The van der Waals surface area contributed by atoms with Crippen molar-refractivity contribution in [3.63, 3.8) is 0 Å². The van der Waals surface area contributed by atoms with Gasteiger partial charge in [-0.3, -0.25) is 15.0 Å². The molecule has 2 aliphatic rings. The van der Waals surface area contributed by atoms with Gasteiger partial charge in [0.2, 0.25) is 5.88 Å². The van der Waals surface area contributed by atoms with Gasteiger partial charge in [-0.05, 0) is 37.9 Å². The van der Waals surface area contributed by atoms with Crippen LogP contribution in [-0.2, 0) is 0 Å². The van der Waals surface area contributed by atoms with E-state index in [1.807, 2.05) is 4.90 Å². The molecule has 4 aromatic rings. The number of rotatable bonds is 6. The summed E-state index contributed by atoms with van der Waals surface area (Å²) in [6.07, 6.45) is -1.27. The van der Waals surface area contributed by atoms with Gasteiger partial charge in [-0.25, -0.2) is 8.78 Å². The number of halogens is 6. The number of nitrogens with one attached hydrogen (secondary N) is 1. The van der Waals surface area contributed by atoms with Gasteiger partial charge in [-0.2, -0.15) is 28.2 Å². The van der Waals surface area contributed by atoms with Crippen LogP contribution in [0.1, 0.15) is 24.8 Å². The molecular formula is C25H22ClF5N6O2. The van der Waals surface area contributed by atoms with Gasteiger partial charge in [0.05, 0.1) is 27.7 Å². The normalized spacial score (nSPS) is 21.7. The van der Waals surface area contributed by atoms with Crippen molar-refractivity contribution in [3.8, 4) is 23.1 Å². The van der Waals surface area contributed by atoms with Crippen LogP contribution in [-0.4, -0.2) is 74.2 Å². The Hall–Kier alpha value is -3.32. The summed E-state index contributed by atoms with van der Waals surface area (Å²) in [6, 6.07) is 1.36. The molecule has 0 bridgehead atoms. The molecule has 0 amide bonds. The zero-order valence-corrected chi connectivity index (χ0v) is 21.3. The SMILES string of the molecule is Cc1cc2[nH]ncc2c(-c2ncc3c(OCC(F)(F)F)nc(OC[C@@]45CCCN4C[C@H](F)C5)nc3c2F)c1Cl. The number of alkyl halides is 4. The highest BCUT2D eigenvalue weighted by molar-refractivity contribution is 6.35. The van der Waals surface area contributed by atoms with Crippen LogP contribution in [0, 0.1) is 12.7 Å². The van der Waals surface area contributed by atoms with Crippen LogP contribution in [0.3, 0.4) is 0 Å². The molecule has 1 aromatic carbocycles. The molecule has 39 heavy (non-hydrogen) atoms. The first kappa shape index (κ1) is 25.9. The Morgan fingerprint density at radius 2 is 2.03 bits per heavy atom. The van der Waals surface area contributed by atoms with Crippen LogP contribution in [0.2, 0.25) is 5.02 Å². The molecule has 14 heteroatoms. The maximum absolute atomic E-state index is 16.1. The van der Waals surface area contributed by atoms with Gasteiger partial charge in [-0.15, -0.1) is 0 Å². The minimum absolute atomic E-state index is 0.00343. The van der Waals surface area contributed by atoms with Gasteiger partial charge in [0, 0.05) is 30.1 Å². The maximum Gasteiger partial charge on any atom is 0.422 e. The number of aryl methyl sites for hydroxylation is 1. The summed E-state index contributed by atoms with van der Waals surface area (Å²) in [5.41, 5.74) is 0.372. The largest absolute Gasteiger partial charge is 0.467 e. The third-order valence-electron chi connectivity index (χ3n) is 7.33. The highest BCUT2D eigenvalue weighted by atomic mass is 35.5. The van der Waals surface area contributed by atoms with Gasteiger partial charge in [0.1, 0.15) is 24.0 Å². The first-order valence-corrected chi connectivity index (χ1v) is 12.6. The van der Waals surface area contributed by atoms with E-state index in [0.717, 1.165) is 12.6 Å². The van der Waals surface area contributed by atoms with Crippen LogP contribution in [0.25, 0.3) is 33.1 Å². The molecular weight excluding hydrogens is 547 g/mol. The van der Waals surface area contributed by atoms with Crippen molar-refractivity contribution in [2.45, 2.75) is 44.1 Å². The lowest BCUT2D eigenvalue weighted by molar-refractivity contribution is -0.153. The van der Waals surface area contributed by atoms with Crippen molar-refractivity contribution in [2.75, 3.05) is 26.3 Å². The molecule has 0 saturated carbocycles. The van der Waals surface area contributed by atoms with E-state index in [2.05, 4.69) is 25.1 Å². The van der Waals surface area contributed by atoms with E-state index in [4.69, 9.17) is 21.1 Å². The second kappa shape index (κ2) is 9.40. The van der Waals surface area contributed by atoms with E-state index < -0.39 is 36.2 Å². The summed E-state index contributed by atoms with van der Waals surface area (Å²) < 4.78 is 80.0. The predicted octanol–water partition coefficient (Wildman–Crippen LogP) is 5.57. The topological polar surface area (TPSA) is 89.0 Å². The number of pyridine rings is 1. The molecule has 2 fully saturated rings. The molecule has 5 heterocycles. The average molecular weight is 569 g/mol. The number of aromatic amines is 1. The molecule has 8 nitrogen and oxygen atoms in total. The van der Waals surface area contributed by atoms with Crippen molar-refractivity contribution < 1.29 is 31.4 Å². The van der Waals surface area contributed by atoms with Crippen LogP contribution < -0.4 is 9.47 Å². The molecule has 6 rings (SSSR count). The predicted molar refractivity (Wildman–Crippen MR) is 132 cm³/mol. The van der Waals surface area contributed by atoms with Crippen molar-refractivity contribution in [1.82, 2.24) is 30.0 Å². The fourth-order valence-corrected chi connectivity index (χ4v) is 5.84. The Bertz CT molecular complexity index is 1580. The molecule has 0 aliphatic carbocycles. The van der Waals surface area contributed by atoms with Gasteiger partial charge in [0.25, 0.3) is 0 Å². The summed E-state index contributed by atoms with van der Waals surface area (Å²) in [7, 11) is 0. The molecule has 2 atom stereocenters. The number of aromatic nitrogens is 5. The number of hydrogen-bond donors (Lipinski definition) is 1. The Balaban J connectivity index is 1.45. The number of benzene rings is 1. The maximum atomic E-state index is 16.1. The Morgan fingerprint density at radius 3 is 2.82 bits per heavy atom. The number of fused-ring (bicyclic) bond motifs is 3. The van der Waals surface area contributed by atoms with E-state index in [0.29, 0.717) is 29.4 Å². The summed E-state index contributed by atoms with van der Waals surface area (Å²) in [5.74, 6) is -1.48. The number of ether oxygens (including phenoxy) is 2. The monoisotopic (exact) mass is 568 g/mol. The van der Waals surface area contributed by atoms with Crippen LogP contribution in [0.5, 0.6) is 11.9 Å². The molecule has 1 N–H and O–H groups in total. The van der Waals surface area contributed by atoms with Crippen LogP contribution in [0.15, 0.2) is 18.5 Å². The van der Waals surface area contributed by atoms with Gasteiger partial charge in [-0.1, -0.05) is 11.6 Å². The van der Waals surface area contributed by atoms with Crippen molar-refractivity contribution >= 4 is 33.4 Å². The minimum Gasteiger partial charge on any atom is -0.467 e. The fourth-order valence-electron chi connectivity index (χ4n) is 5.59. The standard InChI is InChI=1S/C25H22ClF5N6O2/c1-12-5-16-14(8-33-36-16)17(18(12)26)21-19(28)20-15(7-32-21)22(38-11-25(29,30)31)35-23(34-20)39-10-24-3-2-4-37(24)9-13(27)6-24/h5,7-8,13H,2-4,6,9-11H2,1H3,(H,33,36)/t13-,24+/m1/s1. The Kier molecular flexibility index (Phi) is 6.25. The highest BCUT2D eigenvalue weighted by Crippen LogP contribution is 2.42. The first-order chi connectivity index (χ1) is 18.5. The molecule has 0 radical (unpaired) electrons. The number of nitrogens with zero attached hydrogens (tertiary/aromatic N) is 5. The van der Waals surface area contributed by atoms with E-state index in [9.17, 15) is 17.6 Å². The van der Waals surface area contributed by atoms with Crippen molar-refractivity contribution in [1.29, 1.82) is 0 Å². The third-order valence-corrected chi connectivity index (χ3v) is 7.82. The first-order valence-electron chi connectivity index (χ1n) is 12.2. The third kappa shape index (κ3) is 4.61. The molecule has 3 aromatic heterocycles. The smallest absolute Gasteiger partial charge is 0.422 e. The van der Waals surface area contributed by atoms with E-state index >= 15 is 4.39 Å².